The van der Waals surface area contributed by atoms with Gasteiger partial charge >= 0.3 is 0 Å². The zero-order valence-corrected chi connectivity index (χ0v) is 11.0. The molecule has 4 nitrogen and oxygen atoms in total. The monoisotopic (exact) mass is 296 g/mol. The van der Waals surface area contributed by atoms with Crippen molar-refractivity contribution in [3.8, 4) is 0 Å². The van der Waals surface area contributed by atoms with Gasteiger partial charge in [-0.2, -0.15) is 0 Å². The van der Waals surface area contributed by atoms with Gasteiger partial charge in [0.2, 0.25) is 0 Å². The number of hydrogen-bond donors (Lipinski definition) is 1. The highest BCUT2D eigenvalue weighted by Crippen LogP contribution is 2.24. The van der Waals surface area contributed by atoms with Crippen molar-refractivity contribution in [2.75, 3.05) is 5.32 Å². The molecule has 1 N–H and O–H groups in total. The molecule has 0 saturated carbocycles. The molecule has 0 amide bonds. The minimum absolute atomic E-state index is 0.0511. The summed E-state index contributed by atoms with van der Waals surface area (Å²) in [7, 11) is 0. The molecular weight excluding hydrogens is 285 g/mol. The molecule has 0 bridgehead atoms. The van der Waals surface area contributed by atoms with Crippen molar-refractivity contribution in [2.24, 2.45) is 0 Å². The van der Waals surface area contributed by atoms with Crippen molar-refractivity contribution in [3.63, 3.8) is 0 Å². The molecule has 0 aromatic heterocycles. The number of rotatable bonds is 4. The maximum Gasteiger partial charge on any atom is 0.272 e. The van der Waals surface area contributed by atoms with Crippen LogP contribution in [-0.4, -0.2) is 4.92 Å². The fraction of sp³-hybridized carbons (Fsp3) is 0.143. The lowest BCUT2D eigenvalue weighted by atomic mass is 10.1. The van der Waals surface area contributed by atoms with E-state index in [0.29, 0.717) is 11.1 Å². The first-order chi connectivity index (χ1) is 9.91. The van der Waals surface area contributed by atoms with E-state index in [9.17, 15) is 23.3 Å². The summed E-state index contributed by atoms with van der Waals surface area (Å²) in [6, 6.07) is 6.37. The maximum atomic E-state index is 13.5. The van der Waals surface area contributed by atoms with E-state index < -0.39 is 22.4 Å². The van der Waals surface area contributed by atoms with Gasteiger partial charge in [-0.15, -0.1) is 0 Å². The third-order valence-corrected chi connectivity index (χ3v) is 3.12. The van der Waals surface area contributed by atoms with Gasteiger partial charge in [0.05, 0.1) is 10.6 Å². The Morgan fingerprint density at radius 1 is 1.14 bits per heavy atom. The van der Waals surface area contributed by atoms with Crippen molar-refractivity contribution in [3.05, 3.63) is 69.0 Å². The minimum Gasteiger partial charge on any atom is -0.378 e. The van der Waals surface area contributed by atoms with Crippen LogP contribution >= 0.6 is 0 Å². The summed E-state index contributed by atoms with van der Waals surface area (Å²) in [5, 5.41) is 13.4. The Morgan fingerprint density at radius 2 is 1.86 bits per heavy atom. The Morgan fingerprint density at radius 3 is 2.52 bits per heavy atom. The molecule has 0 aliphatic rings. The summed E-state index contributed by atoms with van der Waals surface area (Å²) < 4.78 is 39.4. The number of halogens is 3. The quantitative estimate of drug-likeness (QED) is 0.528. The number of nitro benzene ring substituents is 1. The Kier molecular flexibility index (Phi) is 4.11. The van der Waals surface area contributed by atoms with Crippen LogP contribution in [0.25, 0.3) is 0 Å². The molecule has 2 rings (SSSR count). The normalized spacial score (nSPS) is 10.5. The van der Waals surface area contributed by atoms with E-state index in [0.717, 1.165) is 12.1 Å². The molecule has 0 aliphatic carbocycles. The molecule has 2 aromatic carbocycles. The summed E-state index contributed by atoms with van der Waals surface area (Å²) in [4.78, 5) is 10.3. The standard InChI is InChI=1S/C14H11F3N2O2/c1-8-9(3-2-4-12(8)19(20)21)7-18-11-6-5-10(15)13(16)14(11)17/h2-6,18H,7H2,1H3. The first-order valence-corrected chi connectivity index (χ1v) is 6.02. The van der Waals surface area contributed by atoms with Gasteiger partial charge < -0.3 is 5.32 Å². The average molecular weight is 296 g/mol. The van der Waals surface area contributed by atoms with Crippen LogP contribution in [0.2, 0.25) is 0 Å². The molecule has 0 radical (unpaired) electrons. The van der Waals surface area contributed by atoms with Crippen LogP contribution in [0.3, 0.4) is 0 Å². The lowest BCUT2D eigenvalue weighted by molar-refractivity contribution is -0.385. The van der Waals surface area contributed by atoms with Gasteiger partial charge in [-0.3, -0.25) is 10.1 Å². The zero-order valence-electron chi connectivity index (χ0n) is 11.0. The summed E-state index contributed by atoms with van der Waals surface area (Å²) in [6.45, 7) is 1.62. The molecule has 0 spiro atoms. The fourth-order valence-electron chi connectivity index (χ4n) is 1.91. The first-order valence-electron chi connectivity index (χ1n) is 6.02. The van der Waals surface area contributed by atoms with Crippen molar-refractivity contribution in [1.82, 2.24) is 0 Å². The van der Waals surface area contributed by atoms with Gasteiger partial charge in [-0.05, 0) is 24.6 Å². The highest BCUT2D eigenvalue weighted by molar-refractivity contribution is 5.49. The van der Waals surface area contributed by atoms with E-state index >= 15 is 0 Å². The van der Waals surface area contributed by atoms with Gasteiger partial charge in [0, 0.05) is 18.2 Å². The van der Waals surface area contributed by atoms with E-state index in [-0.39, 0.29) is 17.9 Å². The highest BCUT2D eigenvalue weighted by Gasteiger charge is 2.15. The summed E-state index contributed by atoms with van der Waals surface area (Å²) in [6.07, 6.45) is 0. The number of nitrogens with one attached hydrogen (secondary N) is 1. The van der Waals surface area contributed by atoms with Crippen LogP contribution in [0, 0.1) is 34.5 Å². The van der Waals surface area contributed by atoms with Crippen molar-refractivity contribution < 1.29 is 18.1 Å². The van der Waals surface area contributed by atoms with Crippen molar-refractivity contribution in [2.45, 2.75) is 13.5 Å². The summed E-state index contributed by atoms with van der Waals surface area (Å²) in [5.41, 5.74) is 0.728. The molecule has 21 heavy (non-hydrogen) atoms. The number of benzene rings is 2. The molecule has 0 heterocycles. The molecule has 7 heteroatoms. The second-order valence-electron chi connectivity index (χ2n) is 4.39. The second kappa shape index (κ2) is 5.82. The Bertz CT molecular complexity index is 705. The van der Waals surface area contributed by atoms with Gasteiger partial charge in [0.25, 0.3) is 5.69 Å². The van der Waals surface area contributed by atoms with Crippen LogP contribution in [0.4, 0.5) is 24.5 Å². The average Bonchev–Trinajstić information content (AvgIpc) is 2.45. The molecule has 2 aromatic rings. The van der Waals surface area contributed by atoms with Crippen LogP contribution in [-0.2, 0) is 6.54 Å². The van der Waals surface area contributed by atoms with E-state index in [1.54, 1.807) is 13.0 Å². The lowest BCUT2D eigenvalue weighted by Crippen LogP contribution is -2.06. The Hall–Kier alpha value is -2.57. The van der Waals surface area contributed by atoms with E-state index in [4.69, 9.17) is 0 Å². The molecule has 0 aliphatic heterocycles. The van der Waals surface area contributed by atoms with Crippen LogP contribution < -0.4 is 5.32 Å². The SMILES string of the molecule is Cc1c(CNc2ccc(F)c(F)c2F)cccc1[N+](=O)[O-]. The molecule has 0 saturated heterocycles. The van der Waals surface area contributed by atoms with Crippen molar-refractivity contribution in [1.29, 1.82) is 0 Å². The van der Waals surface area contributed by atoms with E-state index in [2.05, 4.69) is 5.32 Å². The van der Waals surface area contributed by atoms with E-state index in [1.165, 1.54) is 12.1 Å². The number of hydrogen-bond acceptors (Lipinski definition) is 3. The third kappa shape index (κ3) is 2.96. The number of nitrogens with zero attached hydrogens (tertiary/aromatic N) is 1. The second-order valence-corrected chi connectivity index (χ2v) is 4.39. The predicted molar refractivity (Wildman–Crippen MR) is 71.5 cm³/mol. The topological polar surface area (TPSA) is 55.2 Å². The lowest BCUT2D eigenvalue weighted by Gasteiger charge is -2.10. The Balaban J connectivity index is 2.23. The summed E-state index contributed by atoms with van der Waals surface area (Å²) >= 11 is 0. The van der Waals surface area contributed by atoms with Gasteiger partial charge in [0.15, 0.2) is 17.5 Å². The van der Waals surface area contributed by atoms with Crippen molar-refractivity contribution >= 4 is 11.4 Å². The fourth-order valence-corrected chi connectivity index (χ4v) is 1.91. The van der Waals surface area contributed by atoms with Gasteiger partial charge in [-0.1, -0.05) is 12.1 Å². The molecular formula is C14H11F3N2O2. The molecule has 0 unspecified atom stereocenters. The minimum atomic E-state index is -1.56. The Labute approximate surface area is 118 Å². The largest absolute Gasteiger partial charge is 0.378 e. The molecule has 110 valence electrons. The predicted octanol–water partition coefficient (Wildman–Crippen LogP) is 3.93. The van der Waals surface area contributed by atoms with Crippen LogP contribution in [0.1, 0.15) is 11.1 Å². The van der Waals surface area contributed by atoms with Crippen LogP contribution in [0.5, 0.6) is 0 Å². The van der Waals surface area contributed by atoms with Gasteiger partial charge in [-0.25, -0.2) is 13.2 Å². The smallest absolute Gasteiger partial charge is 0.272 e. The summed E-state index contributed by atoms with van der Waals surface area (Å²) in [5.74, 6) is -4.15. The molecule has 0 atom stereocenters. The number of anilines is 1. The first kappa shape index (κ1) is 14.8. The zero-order chi connectivity index (χ0) is 15.6. The van der Waals surface area contributed by atoms with E-state index in [1.807, 2.05) is 0 Å². The highest BCUT2D eigenvalue weighted by atomic mass is 19.2. The van der Waals surface area contributed by atoms with Gasteiger partial charge in [0.1, 0.15) is 0 Å². The maximum absolute atomic E-state index is 13.5. The molecule has 0 fully saturated rings. The third-order valence-electron chi connectivity index (χ3n) is 3.12. The van der Waals surface area contributed by atoms with Crippen LogP contribution in [0.15, 0.2) is 30.3 Å². The number of nitro groups is 1.